The molecule has 0 aliphatic carbocycles. The maximum Gasteiger partial charge on any atom is 0.322 e. The van der Waals surface area contributed by atoms with Gasteiger partial charge in [0.1, 0.15) is 0 Å². The molecular formula is C19H22N4O2. The zero-order chi connectivity index (χ0) is 17.1. The number of hydrogen-bond donors (Lipinski definition) is 1. The number of ether oxygens (including phenoxy) is 1. The minimum Gasteiger partial charge on any atom is -0.379 e. The summed E-state index contributed by atoms with van der Waals surface area (Å²) >= 11 is 0. The van der Waals surface area contributed by atoms with Gasteiger partial charge in [0, 0.05) is 25.9 Å². The van der Waals surface area contributed by atoms with Crippen molar-refractivity contribution in [2.45, 2.75) is 19.0 Å². The molecule has 1 atom stereocenters. The van der Waals surface area contributed by atoms with Crippen molar-refractivity contribution >= 4 is 17.4 Å². The van der Waals surface area contributed by atoms with Gasteiger partial charge < -0.3 is 15.0 Å². The summed E-state index contributed by atoms with van der Waals surface area (Å²) in [5.41, 5.74) is 3.04. The lowest BCUT2D eigenvalue weighted by molar-refractivity contribution is 0.189. The van der Waals surface area contributed by atoms with Crippen LogP contribution in [0.3, 0.4) is 0 Å². The number of pyridine rings is 1. The van der Waals surface area contributed by atoms with Gasteiger partial charge in [-0.15, -0.1) is 0 Å². The number of anilines is 2. The molecule has 1 aromatic heterocycles. The molecule has 3 heterocycles. The Labute approximate surface area is 147 Å². The smallest absolute Gasteiger partial charge is 0.322 e. The van der Waals surface area contributed by atoms with Gasteiger partial charge in [-0.2, -0.15) is 0 Å². The Bertz CT molecular complexity index is 731. The second kappa shape index (κ2) is 7.11. The summed E-state index contributed by atoms with van der Waals surface area (Å²) in [6, 6.07) is 14.1. The SMILES string of the molecule is O=C(NC1CCOC1)N1CCN(Cc2ccccn2)c2ccccc21. The maximum atomic E-state index is 12.7. The van der Waals surface area contributed by atoms with Crippen molar-refractivity contribution in [1.82, 2.24) is 10.3 Å². The zero-order valence-corrected chi connectivity index (χ0v) is 14.1. The van der Waals surface area contributed by atoms with E-state index in [2.05, 4.69) is 21.3 Å². The van der Waals surface area contributed by atoms with Crippen LogP contribution in [-0.4, -0.2) is 43.4 Å². The van der Waals surface area contributed by atoms with Crippen molar-refractivity contribution in [3.05, 3.63) is 54.4 Å². The summed E-state index contributed by atoms with van der Waals surface area (Å²) in [6.07, 6.45) is 2.70. The van der Waals surface area contributed by atoms with Crippen molar-refractivity contribution in [3.8, 4) is 0 Å². The number of urea groups is 1. The van der Waals surface area contributed by atoms with E-state index in [0.29, 0.717) is 13.2 Å². The fourth-order valence-corrected chi connectivity index (χ4v) is 3.38. The van der Waals surface area contributed by atoms with Crippen molar-refractivity contribution in [1.29, 1.82) is 0 Å². The number of aromatic nitrogens is 1. The highest BCUT2D eigenvalue weighted by molar-refractivity contribution is 5.97. The third-order valence-electron chi connectivity index (χ3n) is 4.69. The fourth-order valence-electron chi connectivity index (χ4n) is 3.38. The van der Waals surface area contributed by atoms with Gasteiger partial charge in [-0.1, -0.05) is 18.2 Å². The van der Waals surface area contributed by atoms with Gasteiger partial charge in [0.2, 0.25) is 0 Å². The fraction of sp³-hybridized carbons (Fsp3) is 0.368. The van der Waals surface area contributed by atoms with Crippen LogP contribution < -0.4 is 15.1 Å². The number of amides is 2. The van der Waals surface area contributed by atoms with Crippen LogP contribution in [-0.2, 0) is 11.3 Å². The highest BCUT2D eigenvalue weighted by Gasteiger charge is 2.28. The molecule has 25 heavy (non-hydrogen) atoms. The summed E-state index contributed by atoms with van der Waals surface area (Å²) in [4.78, 5) is 21.2. The van der Waals surface area contributed by atoms with Crippen LogP contribution in [0, 0.1) is 0 Å². The predicted molar refractivity (Wildman–Crippen MR) is 96.8 cm³/mol. The first-order valence-corrected chi connectivity index (χ1v) is 8.71. The van der Waals surface area contributed by atoms with E-state index < -0.39 is 0 Å². The molecule has 1 unspecified atom stereocenters. The van der Waals surface area contributed by atoms with Crippen molar-refractivity contribution in [2.75, 3.05) is 36.1 Å². The summed E-state index contributed by atoms with van der Waals surface area (Å²) in [5.74, 6) is 0. The quantitative estimate of drug-likeness (QED) is 0.934. The van der Waals surface area contributed by atoms with Crippen molar-refractivity contribution < 1.29 is 9.53 Å². The molecule has 4 rings (SSSR count). The Balaban J connectivity index is 1.53. The number of carbonyl (C=O) groups excluding carboxylic acids is 1. The lowest BCUT2D eigenvalue weighted by atomic mass is 10.1. The van der Waals surface area contributed by atoms with E-state index in [4.69, 9.17) is 4.74 Å². The molecule has 0 radical (unpaired) electrons. The number of rotatable bonds is 3. The lowest BCUT2D eigenvalue weighted by Gasteiger charge is -2.37. The van der Waals surface area contributed by atoms with Gasteiger partial charge >= 0.3 is 6.03 Å². The number of carbonyl (C=O) groups is 1. The van der Waals surface area contributed by atoms with Crippen LogP contribution in [0.2, 0.25) is 0 Å². The predicted octanol–water partition coefficient (Wildman–Crippen LogP) is 2.41. The van der Waals surface area contributed by atoms with E-state index in [1.807, 2.05) is 47.5 Å². The minimum absolute atomic E-state index is 0.0413. The van der Waals surface area contributed by atoms with Crippen LogP contribution in [0.1, 0.15) is 12.1 Å². The molecule has 2 aliphatic heterocycles. The molecule has 0 bridgehead atoms. The monoisotopic (exact) mass is 338 g/mol. The van der Waals surface area contributed by atoms with Gasteiger partial charge in [-0.3, -0.25) is 9.88 Å². The van der Waals surface area contributed by atoms with Crippen LogP contribution >= 0.6 is 0 Å². The van der Waals surface area contributed by atoms with E-state index in [1.165, 1.54) is 0 Å². The van der Waals surface area contributed by atoms with E-state index in [-0.39, 0.29) is 12.1 Å². The Morgan fingerprint density at radius 2 is 2.00 bits per heavy atom. The molecule has 1 saturated heterocycles. The Morgan fingerprint density at radius 1 is 1.16 bits per heavy atom. The molecule has 1 fully saturated rings. The van der Waals surface area contributed by atoms with Crippen molar-refractivity contribution in [2.24, 2.45) is 0 Å². The number of benzene rings is 1. The Hall–Kier alpha value is -2.60. The largest absolute Gasteiger partial charge is 0.379 e. The van der Waals surface area contributed by atoms with Crippen LogP contribution in [0.5, 0.6) is 0 Å². The first kappa shape index (κ1) is 15.9. The van der Waals surface area contributed by atoms with Crippen LogP contribution in [0.15, 0.2) is 48.7 Å². The van der Waals surface area contributed by atoms with Gasteiger partial charge in [0.25, 0.3) is 0 Å². The van der Waals surface area contributed by atoms with Gasteiger partial charge in [-0.25, -0.2) is 4.79 Å². The summed E-state index contributed by atoms with van der Waals surface area (Å²) < 4.78 is 5.35. The Kier molecular flexibility index (Phi) is 4.52. The molecule has 0 saturated carbocycles. The van der Waals surface area contributed by atoms with E-state index in [1.54, 1.807) is 0 Å². The number of nitrogens with zero attached hydrogens (tertiary/aromatic N) is 3. The summed E-state index contributed by atoms with van der Waals surface area (Å²) in [5, 5.41) is 3.09. The molecule has 2 aromatic rings. The number of para-hydroxylation sites is 2. The second-order valence-electron chi connectivity index (χ2n) is 6.39. The molecule has 0 spiro atoms. The van der Waals surface area contributed by atoms with E-state index in [0.717, 1.165) is 43.2 Å². The first-order chi connectivity index (χ1) is 12.3. The van der Waals surface area contributed by atoms with Gasteiger partial charge in [-0.05, 0) is 30.7 Å². The first-order valence-electron chi connectivity index (χ1n) is 8.71. The van der Waals surface area contributed by atoms with Crippen LogP contribution in [0.4, 0.5) is 16.2 Å². The number of nitrogens with one attached hydrogen (secondary N) is 1. The van der Waals surface area contributed by atoms with E-state index >= 15 is 0 Å². The lowest BCUT2D eigenvalue weighted by Crippen LogP contribution is -2.50. The molecule has 6 nitrogen and oxygen atoms in total. The summed E-state index contributed by atoms with van der Waals surface area (Å²) in [6.45, 7) is 3.50. The minimum atomic E-state index is -0.0413. The van der Waals surface area contributed by atoms with Gasteiger partial charge in [0.15, 0.2) is 0 Å². The molecule has 2 aliphatic rings. The van der Waals surface area contributed by atoms with Crippen LogP contribution in [0.25, 0.3) is 0 Å². The second-order valence-corrected chi connectivity index (χ2v) is 6.39. The molecule has 1 aromatic carbocycles. The van der Waals surface area contributed by atoms with E-state index in [9.17, 15) is 4.79 Å². The molecule has 1 N–H and O–H groups in total. The summed E-state index contributed by atoms with van der Waals surface area (Å²) in [7, 11) is 0. The highest BCUT2D eigenvalue weighted by Crippen LogP contribution is 2.33. The Morgan fingerprint density at radius 3 is 2.76 bits per heavy atom. The average molecular weight is 338 g/mol. The molecule has 130 valence electrons. The standard InChI is InChI=1S/C19H22N4O2/c24-19(21-16-8-12-25-14-16)23-11-10-22(13-15-5-3-4-9-20-15)17-6-1-2-7-18(17)23/h1-7,9,16H,8,10-14H2,(H,21,24). The van der Waals surface area contributed by atoms with Crippen molar-refractivity contribution in [3.63, 3.8) is 0 Å². The third kappa shape index (κ3) is 3.44. The molecule has 2 amide bonds. The third-order valence-corrected chi connectivity index (χ3v) is 4.69. The number of hydrogen-bond acceptors (Lipinski definition) is 4. The average Bonchev–Trinajstić information content (AvgIpc) is 3.16. The highest BCUT2D eigenvalue weighted by atomic mass is 16.5. The van der Waals surface area contributed by atoms with Gasteiger partial charge in [0.05, 0.1) is 36.3 Å². The molecule has 6 heteroatoms. The zero-order valence-electron chi connectivity index (χ0n) is 14.1. The topological polar surface area (TPSA) is 57.7 Å². The normalized spacial score (nSPS) is 19.6. The molecular weight excluding hydrogens is 316 g/mol. The maximum absolute atomic E-state index is 12.7. The number of fused-ring (bicyclic) bond motifs is 1.